The number of carbonyl (C=O) groups excluding carboxylic acids is 1. The molecule has 0 heterocycles. The predicted molar refractivity (Wildman–Crippen MR) is 151 cm³/mol. The van der Waals surface area contributed by atoms with Crippen molar-refractivity contribution in [1.29, 1.82) is 0 Å². The van der Waals surface area contributed by atoms with Crippen LogP contribution in [-0.2, 0) is 11.3 Å². The van der Waals surface area contributed by atoms with Crippen LogP contribution in [0, 0.1) is 17.3 Å². The van der Waals surface area contributed by atoms with Crippen molar-refractivity contribution in [1.82, 2.24) is 0 Å². The molecule has 0 aromatic heterocycles. The Bertz CT molecular complexity index is 1450. The van der Waals surface area contributed by atoms with Gasteiger partial charge in [0.25, 0.3) is 0 Å². The van der Waals surface area contributed by atoms with E-state index in [4.69, 9.17) is 11.6 Å². The average molecular weight is 606 g/mol. The molecule has 9 heteroatoms. The smallest absolute Gasteiger partial charge is 0.383 e. The van der Waals surface area contributed by atoms with E-state index in [1.807, 2.05) is 36.4 Å². The zero-order valence-corrected chi connectivity index (χ0v) is 24.0. The van der Waals surface area contributed by atoms with Crippen LogP contribution in [-0.4, -0.2) is 28.6 Å². The van der Waals surface area contributed by atoms with E-state index < -0.39 is 41.4 Å². The lowest BCUT2D eigenvalue weighted by molar-refractivity contribution is -0.362. The number of hydrogen-bond donors (Lipinski definition) is 2. The summed E-state index contributed by atoms with van der Waals surface area (Å²) in [5, 5.41) is 15.4. The van der Waals surface area contributed by atoms with Crippen molar-refractivity contribution >= 4 is 23.1 Å². The standard InChI is InChI=1S/C33H33ClF5NO2/c1-30-17-27(20-4-2-19(3-5-20)18-40-23-9-7-22(34)8-10-23)29-25-13-11-24(41)16-21(25)6-12-26(29)28(30)14-15-31(30,42)32(35,36)33(37,38)39/h2-5,7-10,16,26-28,40,42H,6,11-15,17-18H2,1H3/t26?,27-,28?,30+,31+/m1/s1. The van der Waals surface area contributed by atoms with E-state index in [1.165, 1.54) is 6.92 Å². The van der Waals surface area contributed by atoms with Crippen molar-refractivity contribution in [3.63, 3.8) is 0 Å². The Labute approximate surface area is 246 Å². The van der Waals surface area contributed by atoms with Crippen LogP contribution in [0.3, 0.4) is 0 Å². The molecule has 0 saturated heterocycles. The first-order valence-corrected chi connectivity index (χ1v) is 14.8. The number of nitrogens with one attached hydrogen (secondary N) is 1. The molecule has 3 nitrogen and oxygen atoms in total. The highest BCUT2D eigenvalue weighted by Crippen LogP contribution is 2.70. The molecule has 2 unspecified atom stereocenters. The van der Waals surface area contributed by atoms with Gasteiger partial charge < -0.3 is 10.4 Å². The van der Waals surface area contributed by atoms with Crippen LogP contribution in [0.2, 0.25) is 5.02 Å². The Balaban J connectivity index is 1.39. The second kappa shape index (κ2) is 10.2. The number of halogens is 6. The van der Waals surface area contributed by atoms with Gasteiger partial charge in [-0.25, -0.2) is 0 Å². The van der Waals surface area contributed by atoms with Gasteiger partial charge in [-0.1, -0.05) is 48.4 Å². The molecule has 2 aromatic rings. The number of benzene rings is 2. The molecule has 2 aromatic carbocycles. The summed E-state index contributed by atoms with van der Waals surface area (Å²) in [5.74, 6) is -6.39. The molecule has 0 radical (unpaired) electrons. The van der Waals surface area contributed by atoms with Gasteiger partial charge in [0, 0.05) is 35.0 Å². The van der Waals surface area contributed by atoms with E-state index in [2.05, 4.69) is 5.32 Å². The minimum Gasteiger partial charge on any atom is -0.383 e. The summed E-state index contributed by atoms with van der Waals surface area (Å²) >= 11 is 5.96. The van der Waals surface area contributed by atoms with Crippen molar-refractivity contribution < 1.29 is 31.9 Å². The number of anilines is 1. The van der Waals surface area contributed by atoms with E-state index in [0.29, 0.717) is 37.3 Å². The van der Waals surface area contributed by atoms with Gasteiger partial charge in [0.2, 0.25) is 0 Å². The van der Waals surface area contributed by atoms with Gasteiger partial charge in [-0.15, -0.1) is 0 Å². The zero-order chi connectivity index (χ0) is 30.1. The predicted octanol–water partition coefficient (Wildman–Crippen LogP) is 8.78. The molecule has 0 aliphatic heterocycles. The van der Waals surface area contributed by atoms with Crippen molar-refractivity contribution in [2.45, 2.75) is 82.0 Å². The largest absolute Gasteiger partial charge is 0.456 e. The lowest BCUT2D eigenvalue weighted by Crippen LogP contribution is -2.65. The molecular formula is C33H33ClF5NO2. The lowest BCUT2D eigenvalue weighted by Gasteiger charge is -2.56. The maximum absolute atomic E-state index is 15.2. The molecule has 4 aliphatic carbocycles. The quantitative estimate of drug-likeness (QED) is 0.335. The number of ketones is 1. The minimum absolute atomic E-state index is 0.0290. The molecule has 4 aliphatic rings. The fraction of sp³-hybridized carbons (Fsp3) is 0.485. The van der Waals surface area contributed by atoms with Crippen molar-refractivity contribution in [2.75, 3.05) is 5.32 Å². The van der Waals surface area contributed by atoms with Gasteiger partial charge in [0.05, 0.1) is 0 Å². The number of allylic oxidation sites excluding steroid dienone is 4. The molecule has 2 N–H and O–H groups in total. The van der Waals surface area contributed by atoms with Crippen LogP contribution in [0.5, 0.6) is 0 Å². The number of aliphatic hydroxyl groups is 1. The monoisotopic (exact) mass is 605 g/mol. The molecule has 0 amide bonds. The molecular weight excluding hydrogens is 573 g/mol. The third-order valence-electron chi connectivity index (χ3n) is 10.5. The zero-order valence-electron chi connectivity index (χ0n) is 23.2. The molecule has 0 bridgehead atoms. The van der Waals surface area contributed by atoms with Crippen molar-refractivity contribution in [3.8, 4) is 0 Å². The highest BCUT2D eigenvalue weighted by Gasteiger charge is 2.79. The van der Waals surface area contributed by atoms with Gasteiger partial charge >= 0.3 is 12.1 Å². The summed E-state index contributed by atoms with van der Waals surface area (Å²) in [6.45, 7) is 1.97. The topological polar surface area (TPSA) is 49.3 Å². The molecule has 2 fully saturated rings. The molecule has 224 valence electrons. The fourth-order valence-corrected chi connectivity index (χ4v) is 8.48. The van der Waals surface area contributed by atoms with Crippen LogP contribution in [0.1, 0.15) is 68.9 Å². The summed E-state index contributed by atoms with van der Waals surface area (Å²) in [5.41, 5.74) is 0.896. The number of carbonyl (C=O) groups is 1. The van der Waals surface area contributed by atoms with E-state index in [1.54, 1.807) is 18.2 Å². The first-order chi connectivity index (χ1) is 19.7. The van der Waals surface area contributed by atoms with Gasteiger partial charge in [-0.3, -0.25) is 4.79 Å². The second-order valence-corrected chi connectivity index (χ2v) is 13.0. The average Bonchev–Trinajstić information content (AvgIpc) is 3.23. The molecule has 2 saturated carbocycles. The van der Waals surface area contributed by atoms with Crippen LogP contribution in [0.15, 0.2) is 71.3 Å². The highest BCUT2D eigenvalue weighted by molar-refractivity contribution is 6.30. The number of alkyl halides is 5. The number of fused-ring (bicyclic) bond motifs is 4. The first-order valence-electron chi connectivity index (χ1n) is 14.5. The molecule has 6 rings (SSSR count). The Hall–Kier alpha value is -2.71. The van der Waals surface area contributed by atoms with E-state index >= 15 is 8.78 Å². The Morgan fingerprint density at radius 1 is 0.976 bits per heavy atom. The second-order valence-electron chi connectivity index (χ2n) is 12.6. The summed E-state index contributed by atoms with van der Waals surface area (Å²) in [4.78, 5) is 12.2. The minimum atomic E-state index is -5.86. The third kappa shape index (κ3) is 4.52. The highest BCUT2D eigenvalue weighted by atomic mass is 35.5. The van der Waals surface area contributed by atoms with E-state index in [9.17, 15) is 23.1 Å². The Kier molecular flexibility index (Phi) is 7.12. The summed E-state index contributed by atoms with van der Waals surface area (Å²) < 4.78 is 71.6. The molecule has 0 spiro atoms. The third-order valence-corrected chi connectivity index (χ3v) is 10.7. The fourth-order valence-electron chi connectivity index (χ4n) is 8.35. The maximum atomic E-state index is 15.2. The van der Waals surface area contributed by atoms with Crippen molar-refractivity contribution in [2.24, 2.45) is 17.3 Å². The van der Waals surface area contributed by atoms with Gasteiger partial charge in [-0.2, -0.15) is 22.0 Å². The summed E-state index contributed by atoms with van der Waals surface area (Å²) in [6, 6.07) is 15.0. The molecule has 5 atom stereocenters. The summed E-state index contributed by atoms with van der Waals surface area (Å²) in [7, 11) is 0. The summed E-state index contributed by atoms with van der Waals surface area (Å²) in [6.07, 6.45) is -2.68. The van der Waals surface area contributed by atoms with E-state index in [0.717, 1.165) is 33.5 Å². The number of hydrogen-bond acceptors (Lipinski definition) is 3. The normalized spacial score (nSPS) is 31.3. The lowest BCUT2D eigenvalue weighted by atomic mass is 9.50. The van der Waals surface area contributed by atoms with Gasteiger partial charge in [-0.05, 0) is 103 Å². The SMILES string of the molecule is C[C@]12C[C@H](c3ccc(CNc4ccc(Cl)cc4)cc3)C3=C4CCC(=O)C=C4CCC3C1CC[C@@]2(O)C(F)(F)C(F)(F)F. The Morgan fingerprint density at radius 3 is 2.33 bits per heavy atom. The van der Waals surface area contributed by atoms with Crippen LogP contribution in [0.4, 0.5) is 27.6 Å². The molecule has 42 heavy (non-hydrogen) atoms. The van der Waals surface area contributed by atoms with Crippen LogP contribution in [0.25, 0.3) is 0 Å². The van der Waals surface area contributed by atoms with Crippen molar-refractivity contribution in [3.05, 3.63) is 87.5 Å². The van der Waals surface area contributed by atoms with Gasteiger partial charge in [0.1, 0.15) is 5.60 Å². The Morgan fingerprint density at radius 2 is 1.67 bits per heavy atom. The van der Waals surface area contributed by atoms with Crippen LogP contribution >= 0.6 is 11.6 Å². The van der Waals surface area contributed by atoms with E-state index in [-0.39, 0.29) is 24.5 Å². The van der Waals surface area contributed by atoms with Crippen LogP contribution < -0.4 is 5.32 Å². The number of rotatable bonds is 5. The van der Waals surface area contributed by atoms with Gasteiger partial charge in [0.15, 0.2) is 5.78 Å². The first kappa shape index (κ1) is 29.4. The maximum Gasteiger partial charge on any atom is 0.456 e.